The minimum atomic E-state index is -0.367. The summed E-state index contributed by atoms with van der Waals surface area (Å²) in [6, 6.07) is 14.2. The summed E-state index contributed by atoms with van der Waals surface area (Å²) in [5, 5.41) is 4.62. The number of para-hydroxylation sites is 1. The van der Waals surface area contributed by atoms with Gasteiger partial charge in [0.05, 0.1) is 16.3 Å². The van der Waals surface area contributed by atoms with Crippen LogP contribution in [0.3, 0.4) is 0 Å². The molecule has 2 aromatic rings. The Morgan fingerprint density at radius 2 is 1.90 bits per heavy atom. The highest BCUT2D eigenvalue weighted by Crippen LogP contribution is 2.24. The average Bonchev–Trinajstić information content (AvgIpc) is 2.50. The third-order valence-electron chi connectivity index (χ3n) is 2.49. The minimum Gasteiger partial charge on any atom is -0.484 e. The molecule has 6 heteroatoms. The van der Waals surface area contributed by atoms with Crippen molar-refractivity contribution in [2.75, 3.05) is 6.61 Å². The van der Waals surface area contributed by atoms with Crippen LogP contribution in [0.5, 0.6) is 5.75 Å². The monoisotopic (exact) mass is 322 g/mol. The van der Waals surface area contributed by atoms with Gasteiger partial charge in [-0.25, -0.2) is 5.43 Å². The van der Waals surface area contributed by atoms with Crippen molar-refractivity contribution in [1.29, 1.82) is 0 Å². The number of nitrogens with one attached hydrogen (secondary N) is 1. The molecule has 0 aliphatic rings. The van der Waals surface area contributed by atoms with E-state index in [1.807, 2.05) is 18.2 Å². The number of ether oxygens (including phenoxy) is 1. The Morgan fingerprint density at radius 1 is 1.14 bits per heavy atom. The van der Waals surface area contributed by atoms with Gasteiger partial charge in [-0.15, -0.1) is 0 Å². The van der Waals surface area contributed by atoms with Crippen LogP contribution in [0.4, 0.5) is 0 Å². The van der Waals surface area contributed by atoms with Gasteiger partial charge in [0.15, 0.2) is 6.61 Å². The number of rotatable bonds is 5. The van der Waals surface area contributed by atoms with E-state index < -0.39 is 0 Å². The van der Waals surface area contributed by atoms with Gasteiger partial charge in [-0.05, 0) is 18.2 Å². The molecule has 0 saturated heterocycles. The van der Waals surface area contributed by atoms with Crippen LogP contribution >= 0.6 is 23.2 Å². The molecule has 1 amide bonds. The van der Waals surface area contributed by atoms with Gasteiger partial charge in [-0.2, -0.15) is 5.10 Å². The molecule has 0 atom stereocenters. The van der Waals surface area contributed by atoms with Crippen molar-refractivity contribution in [2.45, 2.75) is 0 Å². The van der Waals surface area contributed by atoms with Crippen LogP contribution in [0.2, 0.25) is 10.0 Å². The quantitative estimate of drug-likeness (QED) is 0.676. The molecule has 0 unspecified atom stereocenters. The van der Waals surface area contributed by atoms with E-state index in [2.05, 4.69) is 10.5 Å². The molecule has 0 heterocycles. The van der Waals surface area contributed by atoms with Crippen molar-refractivity contribution in [3.63, 3.8) is 0 Å². The second-order valence-electron chi connectivity index (χ2n) is 4.04. The van der Waals surface area contributed by atoms with Gasteiger partial charge in [0.1, 0.15) is 5.75 Å². The predicted molar refractivity (Wildman–Crippen MR) is 84.1 cm³/mol. The maximum atomic E-state index is 11.5. The topological polar surface area (TPSA) is 50.7 Å². The highest BCUT2D eigenvalue weighted by Gasteiger charge is 2.03. The second kappa shape index (κ2) is 7.67. The van der Waals surface area contributed by atoms with Crippen LogP contribution < -0.4 is 10.2 Å². The fourth-order valence-electron chi connectivity index (χ4n) is 1.49. The van der Waals surface area contributed by atoms with E-state index in [0.29, 0.717) is 21.4 Å². The van der Waals surface area contributed by atoms with Crippen LogP contribution in [-0.4, -0.2) is 18.7 Å². The Kier molecular flexibility index (Phi) is 5.60. The number of carbonyl (C=O) groups excluding carboxylic acids is 1. The molecular formula is C15H12Cl2N2O2. The zero-order valence-electron chi connectivity index (χ0n) is 10.9. The Morgan fingerprint density at radius 3 is 2.67 bits per heavy atom. The van der Waals surface area contributed by atoms with Gasteiger partial charge < -0.3 is 4.74 Å². The summed E-state index contributed by atoms with van der Waals surface area (Å²) < 4.78 is 5.28. The summed E-state index contributed by atoms with van der Waals surface area (Å²) >= 11 is 11.9. The molecule has 108 valence electrons. The fraction of sp³-hybridized carbons (Fsp3) is 0.0667. The van der Waals surface area contributed by atoms with E-state index >= 15 is 0 Å². The van der Waals surface area contributed by atoms with Crippen LogP contribution in [0.25, 0.3) is 0 Å². The Bertz CT molecular complexity index is 645. The lowest BCUT2D eigenvalue weighted by atomic mass is 10.2. The third kappa shape index (κ3) is 4.77. The third-order valence-corrected chi connectivity index (χ3v) is 3.32. The van der Waals surface area contributed by atoms with Crippen molar-refractivity contribution < 1.29 is 9.53 Å². The molecule has 2 aromatic carbocycles. The number of benzene rings is 2. The standard InChI is InChI=1S/C15H12Cl2N2O2/c16-13-8-4-5-11(15(13)17)9-18-19-14(20)10-21-12-6-2-1-3-7-12/h1-9H,10H2,(H,19,20)/b18-9+. The number of hydrogen-bond donors (Lipinski definition) is 1. The molecule has 21 heavy (non-hydrogen) atoms. The molecule has 0 bridgehead atoms. The Balaban J connectivity index is 1.83. The van der Waals surface area contributed by atoms with Crippen molar-refractivity contribution >= 4 is 35.3 Å². The molecule has 0 spiro atoms. The molecule has 0 aromatic heterocycles. The highest BCUT2D eigenvalue weighted by molar-refractivity contribution is 6.43. The van der Waals surface area contributed by atoms with E-state index in [1.54, 1.807) is 30.3 Å². The zero-order chi connectivity index (χ0) is 15.1. The van der Waals surface area contributed by atoms with Gasteiger partial charge >= 0.3 is 0 Å². The Labute approximate surface area is 132 Å². The first-order chi connectivity index (χ1) is 10.2. The first-order valence-corrected chi connectivity index (χ1v) is 6.86. The largest absolute Gasteiger partial charge is 0.484 e. The summed E-state index contributed by atoms with van der Waals surface area (Å²) in [6.07, 6.45) is 1.43. The van der Waals surface area contributed by atoms with Gasteiger partial charge in [0.25, 0.3) is 5.91 Å². The summed E-state index contributed by atoms with van der Waals surface area (Å²) in [7, 11) is 0. The number of amides is 1. The number of halogens is 2. The van der Waals surface area contributed by atoms with Crippen molar-refractivity contribution in [3.8, 4) is 5.75 Å². The van der Waals surface area contributed by atoms with Crippen LogP contribution in [0.15, 0.2) is 53.6 Å². The maximum Gasteiger partial charge on any atom is 0.277 e. The van der Waals surface area contributed by atoms with Gasteiger partial charge in [-0.1, -0.05) is 53.5 Å². The van der Waals surface area contributed by atoms with Crippen molar-refractivity contribution in [3.05, 3.63) is 64.1 Å². The smallest absolute Gasteiger partial charge is 0.277 e. The fourth-order valence-corrected chi connectivity index (χ4v) is 1.85. The molecule has 1 N–H and O–H groups in total. The first kappa shape index (κ1) is 15.4. The average molecular weight is 323 g/mol. The predicted octanol–water partition coefficient (Wildman–Crippen LogP) is 3.52. The second-order valence-corrected chi connectivity index (χ2v) is 4.82. The van der Waals surface area contributed by atoms with E-state index in [4.69, 9.17) is 27.9 Å². The number of nitrogens with zero attached hydrogens (tertiary/aromatic N) is 1. The number of hydrazone groups is 1. The van der Waals surface area contributed by atoms with Gasteiger partial charge in [-0.3, -0.25) is 4.79 Å². The molecule has 2 rings (SSSR count). The molecule has 0 radical (unpaired) electrons. The first-order valence-electron chi connectivity index (χ1n) is 6.10. The summed E-state index contributed by atoms with van der Waals surface area (Å²) in [6.45, 7) is -0.120. The number of hydrogen-bond acceptors (Lipinski definition) is 3. The van der Waals surface area contributed by atoms with Crippen LogP contribution in [-0.2, 0) is 4.79 Å². The summed E-state index contributed by atoms with van der Waals surface area (Å²) in [4.78, 5) is 11.5. The van der Waals surface area contributed by atoms with Crippen molar-refractivity contribution in [1.82, 2.24) is 5.43 Å². The SMILES string of the molecule is O=C(COc1ccccc1)N/N=C/c1cccc(Cl)c1Cl. The highest BCUT2D eigenvalue weighted by atomic mass is 35.5. The van der Waals surface area contributed by atoms with Gasteiger partial charge in [0.2, 0.25) is 0 Å². The molecular weight excluding hydrogens is 311 g/mol. The van der Waals surface area contributed by atoms with E-state index in [1.165, 1.54) is 6.21 Å². The minimum absolute atomic E-state index is 0.120. The Hall–Kier alpha value is -2.04. The van der Waals surface area contributed by atoms with Gasteiger partial charge in [0, 0.05) is 5.56 Å². The molecule has 0 saturated carbocycles. The lowest BCUT2D eigenvalue weighted by Crippen LogP contribution is -2.24. The molecule has 4 nitrogen and oxygen atoms in total. The summed E-state index contributed by atoms with van der Waals surface area (Å²) in [5.41, 5.74) is 2.97. The lowest BCUT2D eigenvalue weighted by Gasteiger charge is -2.04. The van der Waals surface area contributed by atoms with Crippen molar-refractivity contribution in [2.24, 2.45) is 5.10 Å². The van der Waals surface area contributed by atoms with E-state index in [0.717, 1.165) is 0 Å². The van der Waals surface area contributed by atoms with Crippen LogP contribution in [0.1, 0.15) is 5.56 Å². The summed E-state index contributed by atoms with van der Waals surface area (Å²) in [5.74, 6) is 0.253. The van der Waals surface area contributed by atoms with Crippen LogP contribution in [0, 0.1) is 0 Å². The normalized spacial score (nSPS) is 10.6. The van der Waals surface area contributed by atoms with E-state index in [9.17, 15) is 4.79 Å². The lowest BCUT2D eigenvalue weighted by molar-refractivity contribution is -0.123. The zero-order valence-corrected chi connectivity index (χ0v) is 12.4. The molecule has 0 fully saturated rings. The van der Waals surface area contributed by atoms with E-state index in [-0.39, 0.29) is 12.5 Å². The number of carbonyl (C=O) groups is 1. The maximum absolute atomic E-state index is 11.5. The molecule has 0 aliphatic carbocycles. The molecule has 0 aliphatic heterocycles.